The van der Waals surface area contributed by atoms with E-state index in [1.54, 1.807) is 19.1 Å². The molecule has 2 aliphatic rings. The van der Waals surface area contributed by atoms with Crippen LogP contribution in [0.1, 0.15) is 6.92 Å². The van der Waals surface area contributed by atoms with Crippen LogP contribution in [0.5, 0.6) is 17.2 Å². The Morgan fingerprint density at radius 1 is 1.00 bits per heavy atom. The summed E-state index contributed by atoms with van der Waals surface area (Å²) in [4.78, 5) is 13.4. The standard InChI is InChI=1S/C24H24O8/c1-14(25)8-27-17-6-21(31-12-19-11-30-19)23-22(7-17)32-13-20(24(23)26)15-2-4-16(5-3-15)28-9-18-10-29-18/h2-7,13-14,18-19,25H,8-12H2,1H3. The van der Waals surface area contributed by atoms with Crippen molar-refractivity contribution in [1.29, 1.82) is 0 Å². The van der Waals surface area contributed by atoms with E-state index in [9.17, 15) is 9.90 Å². The minimum atomic E-state index is -0.631. The van der Waals surface area contributed by atoms with Crippen molar-refractivity contribution >= 4 is 11.0 Å². The van der Waals surface area contributed by atoms with Gasteiger partial charge in [-0.1, -0.05) is 12.1 Å². The number of rotatable bonds is 10. The molecule has 1 aromatic heterocycles. The highest BCUT2D eigenvalue weighted by Crippen LogP contribution is 2.32. The van der Waals surface area contributed by atoms with Crippen molar-refractivity contribution in [2.45, 2.75) is 25.2 Å². The molecule has 168 valence electrons. The summed E-state index contributed by atoms with van der Waals surface area (Å²) in [6.07, 6.45) is 1.00. The molecule has 0 spiro atoms. The lowest BCUT2D eigenvalue weighted by Crippen LogP contribution is -2.14. The summed E-state index contributed by atoms with van der Waals surface area (Å²) in [6, 6.07) is 10.5. The number of ether oxygens (including phenoxy) is 5. The summed E-state index contributed by atoms with van der Waals surface area (Å²) >= 11 is 0. The third kappa shape index (κ3) is 4.88. The van der Waals surface area contributed by atoms with Crippen molar-refractivity contribution in [2.24, 2.45) is 0 Å². The summed E-state index contributed by atoms with van der Waals surface area (Å²) < 4.78 is 33.3. The largest absolute Gasteiger partial charge is 0.491 e. The third-order valence-corrected chi connectivity index (χ3v) is 5.14. The Hall–Kier alpha value is -3.07. The van der Waals surface area contributed by atoms with Crippen LogP contribution in [0.25, 0.3) is 22.1 Å². The van der Waals surface area contributed by atoms with Gasteiger partial charge >= 0.3 is 0 Å². The van der Waals surface area contributed by atoms with E-state index in [0.29, 0.717) is 59.2 Å². The molecule has 0 aliphatic carbocycles. The molecule has 3 heterocycles. The summed E-state index contributed by atoms with van der Waals surface area (Å²) in [5.74, 6) is 1.52. The number of hydrogen-bond donors (Lipinski definition) is 1. The predicted octanol–water partition coefficient (Wildman–Crippen LogP) is 2.77. The minimum Gasteiger partial charge on any atom is -0.491 e. The van der Waals surface area contributed by atoms with Crippen LogP contribution >= 0.6 is 0 Å². The zero-order chi connectivity index (χ0) is 22.1. The highest BCUT2D eigenvalue weighted by atomic mass is 16.6. The van der Waals surface area contributed by atoms with Gasteiger partial charge in [-0.2, -0.15) is 0 Å². The predicted molar refractivity (Wildman–Crippen MR) is 116 cm³/mol. The van der Waals surface area contributed by atoms with Crippen molar-refractivity contribution in [2.75, 3.05) is 33.0 Å². The van der Waals surface area contributed by atoms with Gasteiger partial charge in [-0.05, 0) is 24.6 Å². The average Bonchev–Trinajstić information content (AvgIpc) is 3.70. The Labute approximate surface area is 184 Å². The molecule has 3 unspecified atom stereocenters. The van der Waals surface area contributed by atoms with Crippen LogP contribution in [0.4, 0.5) is 0 Å². The van der Waals surface area contributed by atoms with Gasteiger partial charge in [-0.3, -0.25) is 4.79 Å². The van der Waals surface area contributed by atoms with E-state index in [0.717, 1.165) is 6.61 Å². The fourth-order valence-corrected chi connectivity index (χ4v) is 3.24. The average molecular weight is 440 g/mol. The fourth-order valence-electron chi connectivity index (χ4n) is 3.24. The molecule has 5 rings (SSSR count). The van der Waals surface area contributed by atoms with E-state index in [1.807, 2.05) is 24.3 Å². The first-order chi connectivity index (χ1) is 15.6. The van der Waals surface area contributed by atoms with Crippen LogP contribution in [0.2, 0.25) is 0 Å². The monoisotopic (exact) mass is 440 g/mol. The maximum absolute atomic E-state index is 13.4. The summed E-state index contributed by atoms with van der Waals surface area (Å²) in [6.45, 7) is 3.96. The highest BCUT2D eigenvalue weighted by Gasteiger charge is 2.25. The molecule has 0 radical (unpaired) electrons. The normalized spacial score (nSPS) is 20.1. The first-order valence-corrected chi connectivity index (χ1v) is 10.6. The lowest BCUT2D eigenvalue weighted by molar-refractivity contribution is 0.122. The van der Waals surface area contributed by atoms with Crippen LogP contribution < -0.4 is 19.6 Å². The van der Waals surface area contributed by atoms with E-state index in [2.05, 4.69) is 0 Å². The number of benzene rings is 2. The second-order valence-corrected chi connectivity index (χ2v) is 7.99. The van der Waals surface area contributed by atoms with Crippen molar-refractivity contribution < 1.29 is 33.2 Å². The Kier molecular flexibility index (Phi) is 5.73. The first kappa shape index (κ1) is 20.8. The number of aliphatic hydroxyl groups is 1. The van der Waals surface area contributed by atoms with Gasteiger partial charge in [0.05, 0.1) is 24.9 Å². The van der Waals surface area contributed by atoms with Crippen molar-refractivity contribution in [1.82, 2.24) is 0 Å². The molecule has 32 heavy (non-hydrogen) atoms. The SMILES string of the molecule is CC(O)COc1cc(OCC2CO2)c2c(=O)c(-c3ccc(OCC4CO4)cc3)coc2c1. The lowest BCUT2D eigenvalue weighted by atomic mass is 10.0. The topological polar surface area (TPSA) is 103 Å². The van der Waals surface area contributed by atoms with Gasteiger partial charge in [0.15, 0.2) is 0 Å². The molecule has 2 saturated heterocycles. The molecule has 8 nitrogen and oxygen atoms in total. The summed E-state index contributed by atoms with van der Waals surface area (Å²) in [5.41, 5.74) is 1.26. The van der Waals surface area contributed by atoms with Gasteiger partial charge in [0, 0.05) is 12.1 Å². The van der Waals surface area contributed by atoms with Crippen molar-refractivity contribution in [3.05, 3.63) is 52.9 Å². The molecule has 3 atom stereocenters. The van der Waals surface area contributed by atoms with Gasteiger partial charge in [0.2, 0.25) is 5.43 Å². The quantitative estimate of drug-likeness (QED) is 0.480. The number of epoxide rings is 2. The Balaban J connectivity index is 1.46. The number of hydrogen-bond acceptors (Lipinski definition) is 8. The second-order valence-electron chi connectivity index (χ2n) is 7.99. The molecule has 2 fully saturated rings. The van der Waals surface area contributed by atoms with E-state index in [-0.39, 0.29) is 24.2 Å². The Bertz CT molecular complexity index is 1140. The Morgan fingerprint density at radius 2 is 1.69 bits per heavy atom. The zero-order valence-electron chi connectivity index (χ0n) is 17.6. The van der Waals surface area contributed by atoms with Crippen LogP contribution in [0, 0.1) is 0 Å². The number of aliphatic hydroxyl groups excluding tert-OH is 1. The molecule has 0 amide bonds. The van der Waals surface area contributed by atoms with Gasteiger partial charge in [-0.15, -0.1) is 0 Å². The van der Waals surface area contributed by atoms with Gasteiger partial charge in [-0.25, -0.2) is 0 Å². The molecule has 2 aliphatic heterocycles. The van der Waals surface area contributed by atoms with Crippen molar-refractivity contribution in [3.8, 4) is 28.4 Å². The van der Waals surface area contributed by atoms with Gasteiger partial charge < -0.3 is 33.2 Å². The maximum atomic E-state index is 13.4. The molecule has 3 aromatic rings. The third-order valence-electron chi connectivity index (χ3n) is 5.14. The molecular weight excluding hydrogens is 416 g/mol. The molecule has 1 N–H and O–H groups in total. The smallest absolute Gasteiger partial charge is 0.204 e. The van der Waals surface area contributed by atoms with Crippen LogP contribution in [0.15, 0.2) is 51.9 Å². The molecule has 0 bridgehead atoms. The fraction of sp³-hybridized carbons (Fsp3) is 0.375. The van der Waals surface area contributed by atoms with Crippen molar-refractivity contribution in [3.63, 3.8) is 0 Å². The van der Waals surface area contributed by atoms with E-state index >= 15 is 0 Å². The molecule has 2 aromatic carbocycles. The molecule has 8 heteroatoms. The lowest BCUT2D eigenvalue weighted by Gasteiger charge is -2.13. The first-order valence-electron chi connectivity index (χ1n) is 10.6. The van der Waals surface area contributed by atoms with Crippen LogP contribution in [-0.4, -0.2) is 56.5 Å². The van der Waals surface area contributed by atoms with Gasteiger partial charge in [0.25, 0.3) is 0 Å². The van der Waals surface area contributed by atoms with Crippen LogP contribution in [0.3, 0.4) is 0 Å². The van der Waals surface area contributed by atoms with Crippen LogP contribution in [-0.2, 0) is 9.47 Å². The molecular formula is C24H24O8. The van der Waals surface area contributed by atoms with E-state index < -0.39 is 6.10 Å². The summed E-state index contributed by atoms with van der Waals surface area (Å²) in [7, 11) is 0. The maximum Gasteiger partial charge on any atom is 0.204 e. The Morgan fingerprint density at radius 3 is 2.34 bits per heavy atom. The van der Waals surface area contributed by atoms with E-state index in [1.165, 1.54) is 6.26 Å². The molecule has 0 saturated carbocycles. The highest BCUT2D eigenvalue weighted by molar-refractivity contribution is 5.88. The van der Waals surface area contributed by atoms with Gasteiger partial charge in [0.1, 0.15) is 66.5 Å². The minimum absolute atomic E-state index is 0.0240. The number of fused-ring (bicyclic) bond motifs is 1. The zero-order valence-corrected chi connectivity index (χ0v) is 17.6. The summed E-state index contributed by atoms with van der Waals surface area (Å²) in [5, 5.41) is 9.84. The van der Waals surface area contributed by atoms with E-state index in [4.69, 9.17) is 28.1 Å². The second kappa shape index (κ2) is 8.82.